The topological polar surface area (TPSA) is 27.3 Å². The number of rotatable bonds is 7. The average molecular weight is 382 g/mol. The molecule has 3 nitrogen and oxygen atoms in total. The minimum atomic E-state index is 0.554. The molecule has 0 saturated carbocycles. The van der Waals surface area contributed by atoms with Crippen LogP contribution in [0.5, 0.6) is 0 Å². The van der Waals surface area contributed by atoms with E-state index in [2.05, 4.69) is 34.7 Å². The first-order valence-electron chi connectivity index (χ1n) is 7.78. The monoisotopic (exact) mass is 381 g/mol. The van der Waals surface area contributed by atoms with Gasteiger partial charge >= 0.3 is 0 Å². The van der Waals surface area contributed by atoms with Crippen molar-refractivity contribution in [2.24, 2.45) is 0 Å². The maximum Gasteiger partial charge on any atom is 0.166 e. The van der Waals surface area contributed by atoms with Crippen LogP contribution in [-0.2, 0) is 6.54 Å². The molecule has 0 unspecified atom stereocenters. The number of benzene rings is 2. The summed E-state index contributed by atoms with van der Waals surface area (Å²) in [7, 11) is 2.09. The van der Waals surface area contributed by atoms with Gasteiger partial charge in [0.2, 0.25) is 0 Å². The number of hydrogen-bond donors (Lipinski definition) is 2. The van der Waals surface area contributed by atoms with E-state index in [9.17, 15) is 0 Å². The number of anilines is 1. The first-order chi connectivity index (χ1) is 11.6. The zero-order chi connectivity index (χ0) is 17.4. The highest BCUT2D eigenvalue weighted by Gasteiger charge is 2.02. The fourth-order valence-electron chi connectivity index (χ4n) is 2.22. The first-order valence-corrected chi connectivity index (χ1v) is 8.94. The molecule has 2 rings (SSSR count). The lowest BCUT2D eigenvalue weighted by Gasteiger charge is -2.19. The molecule has 2 N–H and O–H groups in total. The summed E-state index contributed by atoms with van der Waals surface area (Å²) >= 11 is 17.2. The smallest absolute Gasteiger partial charge is 0.166 e. The summed E-state index contributed by atoms with van der Waals surface area (Å²) in [6, 6.07) is 15.9. The van der Waals surface area contributed by atoms with Crippen molar-refractivity contribution in [1.29, 1.82) is 0 Å². The molecule has 0 heterocycles. The number of hydrogen-bond acceptors (Lipinski definition) is 2. The van der Waals surface area contributed by atoms with Gasteiger partial charge in [-0.05, 0) is 48.5 Å². The summed E-state index contributed by atoms with van der Waals surface area (Å²) in [5, 5.41) is 8.15. The normalized spacial score (nSPS) is 10.3. The molecule has 0 amide bonds. The van der Waals surface area contributed by atoms with Crippen LogP contribution in [0, 0.1) is 0 Å². The summed E-state index contributed by atoms with van der Waals surface area (Å²) in [6.07, 6.45) is 1.000. The molecule has 0 aromatic heterocycles. The van der Waals surface area contributed by atoms with E-state index in [-0.39, 0.29) is 0 Å². The molecule has 0 atom stereocenters. The standard InChI is InChI=1S/C18H21Cl2N3S/c1-23(15-6-3-2-4-7-15)11-5-10-21-18(24)22-13-14-8-9-16(19)17(20)12-14/h2-4,6-9,12H,5,10-11,13H2,1H3,(H2,21,22,24). The van der Waals surface area contributed by atoms with E-state index >= 15 is 0 Å². The second kappa shape index (κ2) is 9.72. The fourth-order valence-corrected chi connectivity index (χ4v) is 2.72. The summed E-state index contributed by atoms with van der Waals surface area (Å²) in [6.45, 7) is 2.41. The van der Waals surface area contributed by atoms with E-state index in [1.165, 1.54) is 5.69 Å². The number of thiocarbonyl (C=S) groups is 1. The van der Waals surface area contributed by atoms with Crippen molar-refractivity contribution >= 4 is 46.2 Å². The molecule has 6 heteroatoms. The van der Waals surface area contributed by atoms with Gasteiger partial charge in [0.1, 0.15) is 0 Å². The Bertz CT molecular complexity index is 665. The Morgan fingerprint density at radius 2 is 1.79 bits per heavy atom. The second-order valence-electron chi connectivity index (χ2n) is 5.47. The van der Waals surface area contributed by atoms with E-state index in [0.29, 0.717) is 21.7 Å². The third kappa shape index (κ3) is 6.19. The predicted molar refractivity (Wildman–Crippen MR) is 108 cm³/mol. The third-order valence-corrected chi connectivity index (χ3v) is 4.62. The Morgan fingerprint density at radius 1 is 1.04 bits per heavy atom. The lowest BCUT2D eigenvalue weighted by atomic mass is 10.2. The molecule has 0 aliphatic carbocycles. The molecule has 0 saturated heterocycles. The van der Waals surface area contributed by atoms with E-state index < -0.39 is 0 Å². The number of halogens is 2. The molecular formula is C18H21Cl2N3S. The summed E-state index contributed by atoms with van der Waals surface area (Å²) in [4.78, 5) is 2.23. The van der Waals surface area contributed by atoms with Crippen molar-refractivity contribution in [2.45, 2.75) is 13.0 Å². The Balaban J connectivity index is 1.63. The number of nitrogens with zero attached hydrogens (tertiary/aromatic N) is 1. The molecule has 2 aromatic carbocycles. The minimum absolute atomic E-state index is 0.554. The largest absolute Gasteiger partial charge is 0.375 e. The van der Waals surface area contributed by atoms with Gasteiger partial charge < -0.3 is 15.5 Å². The molecule has 128 valence electrons. The van der Waals surface area contributed by atoms with Gasteiger partial charge in [-0.3, -0.25) is 0 Å². The van der Waals surface area contributed by atoms with Gasteiger partial charge in [0.25, 0.3) is 0 Å². The van der Waals surface area contributed by atoms with E-state index in [1.807, 2.05) is 30.3 Å². The molecule has 2 aromatic rings. The van der Waals surface area contributed by atoms with Crippen LogP contribution in [0.25, 0.3) is 0 Å². The Hall–Kier alpha value is -1.49. The van der Waals surface area contributed by atoms with Gasteiger partial charge in [-0.15, -0.1) is 0 Å². The van der Waals surface area contributed by atoms with Crippen LogP contribution in [-0.4, -0.2) is 25.2 Å². The summed E-state index contributed by atoms with van der Waals surface area (Å²) in [5.74, 6) is 0. The van der Waals surface area contributed by atoms with Gasteiger partial charge in [0.05, 0.1) is 10.0 Å². The maximum absolute atomic E-state index is 6.00. The minimum Gasteiger partial charge on any atom is -0.375 e. The summed E-state index contributed by atoms with van der Waals surface area (Å²) < 4.78 is 0. The van der Waals surface area contributed by atoms with Crippen molar-refractivity contribution < 1.29 is 0 Å². The molecular weight excluding hydrogens is 361 g/mol. The van der Waals surface area contributed by atoms with Gasteiger partial charge in [-0.25, -0.2) is 0 Å². The molecule has 0 aliphatic heterocycles. The van der Waals surface area contributed by atoms with Crippen LogP contribution >= 0.6 is 35.4 Å². The van der Waals surface area contributed by atoms with E-state index in [4.69, 9.17) is 35.4 Å². The average Bonchev–Trinajstić information content (AvgIpc) is 2.60. The molecule has 0 fully saturated rings. The Morgan fingerprint density at radius 3 is 2.50 bits per heavy atom. The van der Waals surface area contributed by atoms with E-state index in [1.54, 1.807) is 6.07 Å². The SMILES string of the molecule is CN(CCCNC(=S)NCc1ccc(Cl)c(Cl)c1)c1ccccc1. The van der Waals surface area contributed by atoms with Crippen LogP contribution in [0.2, 0.25) is 10.0 Å². The van der Waals surface area contributed by atoms with Gasteiger partial charge in [-0.2, -0.15) is 0 Å². The third-order valence-electron chi connectivity index (χ3n) is 3.59. The predicted octanol–water partition coefficient (Wildman–Crippen LogP) is 4.48. The van der Waals surface area contributed by atoms with Crippen molar-refractivity contribution in [1.82, 2.24) is 10.6 Å². The molecule has 0 spiro atoms. The van der Waals surface area contributed by atoms with Gasteiger partial charge in [-0.1, -0.05) is 47.5 Å². The van der Waals surface area contributed by atoms with Crippen LogP contribution in [0.4, 0.5) is 5.69 Å². The fraction of sp³-hybridized carbons (Fsp3) is 0.278. The van der Waals surface area contributed by atoms with Gasteiger partial charge in [0.15, 0.2) is 5.11 Å². The summed E-state index contributed by atoms with van der Waals surface area (Å²) in [5.41, 5.74) is 2.26. The molecule has 0 bridgehead atoms. The number of nitrogens with one attached hydrogen (secondary N) is 2. The Labute approximate surface area is 159 Å². The van der Waals surface area contributed by atoms with Gasteiger partial charge in [0, 0.05) is 32.4 Å². The van der Waals surface area contributed by atoms with Crippen molar-refractivity contribution in [3.05, 3.63) is 64.1 Å². The van der Waals surface area contributed by atoms with Crippen LogP contribution in [0.15, 0.2) is 48.5 Å². The highest BCUT2D eigenvalue weighted by molar-refractivity contribution is 7.80. The molecule has 24 heavy (non-hydrogen) atoms. The second-order valence-corrected chi connectivity index (χ2v) is 6.69. The maximum atomic E-state index is 6.00. The molecule has 0 radical (unpaired) electrons. The van der Waals surface area contributed by atoms with Crippen LogP contribution in [0.3, 0.4) is 0 Å². The zero-order valence-corrected chi connectivity index (χ0v) is 15.9. The Kier molecular flexibility index (Phi) is 7.63. The van der Waals surface area contributed by atoms with Crippen molar-refractivity contribution in [3.63, 3.8) is 0 Å². The highest BCUT2D eigenvalue weighted by atomic mass is 35.5. The van der Waals surface area contributed by atoms with Crippen molar-refractivity contribution in [2.75, 3.05) is 25.0 Å². The highest BCUT2D eigenvalue weighted by Crippen LogP contribution is 2.22. The zero-order valence-electron chi connectivity index (χ0n) is 13.6. The molecule has 0 aliphatic rings. The lowest BCUT2D eigenvalue weighted by Crippen LogP contribution is -2.36. The quantitative estimate of drug-likeness (QED) is 0.545. The van der Waals surface area contributed by atoms with E-state index in [0.717, 1.165) is 25.1 Å². The first kappa shape index (κ1) is 18.8. The lowest BCUT2D eigenvalue weighted by molar-refractivity contribution is 0.738. The van der Waals surface area contributed by atoms with Crippen LogP contribution < -0.4 is 15.5 Å². The van der Waals surface area contributed by atoms with Crippen LogP contribution in [0.1, 0.15) is 12.0 Å². The number of para-hydroxylation sites is 1. The van der Waals surface area contributed by atoms with Crippen molar-refractivity contribution in [3.8, 4) is 0 Å².